The van der Waals surface area contributed by atoms with Crippen LogP contribution >= 0.6 is 0 Å². The van der Waals surface area contributed by atoms with Gasteiger partial charge in [-0.1, -0.05) is 11.2 Å². The highest BCUT2D eigenvalue weighted by Crippen LogP contribution is 2.13. The molecular formula is C20H25N5O4. The maximum Gasteiger partial charge on any atom is 0.290 e. The molecule has 0 saturated carbocycles. The smallest absolute Gasteiger partial charge is 0.290 e. The molecule has 0 radical (unpaired) electrons. The summed E-state index contributed by atoms with van der Waals surface area (Å²) in [6.07, 6.45) is 5.12. The fraction of sp³-hybridized carbons (Fsp3) is 0.400. The lowest BCUT2D eigenvalue weighted by Gasteiger charge is -2.20. The maximum absolute atomic E-state index is 12.5. The van der Waals surface area contributed by atoms with E-state index in [0.717, 1.165) is 43.9 Å². The molecule has 0 spiro atoms. The Morgan fingerprint density at radius 1 is 1.21 bits per heavy atom. The van der Waals surface area contributed by atoms with Gasteiger partial charge in [0, 0.05) is 51.2 Å². The van der Waals surface area contributed by atoms with E-state index in [-0.39, 0.29) is 12.4 Å². The maximum atomic E-state index is 12.5. The quantitative estimate of drug-likeness (QED) is 0.672. The van der Waals surface area contributed by atoms with Crippen molar-refractivity contribution in [3.05, 3.63) is 53.3 Å². The summed E-state index contributed by atoms with van der Waals surface area (Å²) in [6.45, 7) is 7.64. The van der Waals surface area contributed by atoms with E-state index in [1.54, 1.807) is 13.0 Å². The molecular weight excluding hydrogens is 374 g/mol. The van der Waals surface area contributed by atoms with Crippen LogP contribution in [0.2, 0.25) is 0 Å². The number of hydrogen-bond donors (Lipinski definition) is 1. The normalized spacial score (nSPS) is 14.9. The number of rotatable bonds is 3. The summed E-state index contributed by atoms with van der Waals surface area (Å²) in [5.41, 5.74) is 3.64. The van der Waals surface area contributed by atoms with E-state index >= 15 is 0 Å². The molecule has 0 aliphatic carbocycles. The van der Waals surface area contributed by atoms with E-state index in [4.69, 9.17) is 19.4 Å². The van der Waals surface area contributed by atoms with Gasteiger partial charge in [0.25, 0.3) is 12.4 Å². The minimum Gasteiger partial charge on any atom is -0.483 e. The van der Waals surface area contributed by atoms with Gasteiger partial charge >= 0.3 is 0 Å². The van der Waals surface area contributed by atoms with Gasteiger partial charge in [0.2, 0.25) is 0 Å². The predicted octanol–water partition coefficient (Wildman–Crippen LogP) is 1.99. The third kappa shape index (κ3) is 5.20. The van der Waals surface area contributed by atoms with Crippen molar-refractivity contribution in [2.24, 2.45) is 0 Å². The van der Waals surface area contributed by atoms with Crippen LogP contribution in [0, 0.1) is 13.8 Å². The van der Waals surface area contributed by atoms with Gasteiger partial charge in [-0.15, -0.1) is 0 Å². The first-order valence-electron chi connectivity index (χ1n) is 9.47. The van der Waals surface area contributed by atoms with Gasteiger partial charge in [-0.3, -0.25) is 14.5 Å². The zero-order valence-corrected chi connectivity index (χ0v) is 16.6. The summed E-state index contributed by atoms with van der Waals surface area (Å²) in [6, 6.07) is 5.82. The number of fused-ring (bicyclic) bond motifs is 1. The minimum absolute atomic E-state index is 0.0492. The monoisotopic (exact) mass is 399 g/mol. The second-order valence-electron chi connectivity index (χ2n) is 7.05. The fourth-order valence-electron chi connectivity index (χ4n) is 3.42. The van der Waals surface area contributed by atoms with Crippen LogP contribution in [0.15, 0.2) is 35.1 Å². The van der Waals surface area contributed by atoms with Crippen molar-refractivity contribution in [3.8, 4) is 0 Å². The molecule has 1 aliphatic heterocycles. The molecule has 4 rings (SSSR count). The summed E-state index contributed by atoms with van der Waals surface area (Å²) >= 11 is 0. The fourth-order valence-corrected chi connectivity index (χ4v) is 3.42. The Bertz CT molecular complexity index is 980. The number of aryl methyl sites for hydroxylation is 2. The number of aromatic nitrogens is 3. The van der Waals surface area contributed by atoms with Gasteiger partial charge in [0.1, 0.15) is 11.4 Å². The van der Waals surface area contributed by atoms with Gasteiger partial charge in [0.05, 0.1) is 5.69 Å². The third-order valence-corrected chi connectivity index (χ3v) is 4.76. The number of amides is 1. The van der Waals surface area contributed by atoms with Crippen molar-refractivity contribution in [2.75, 3.05) is 26.2 Å². The first kappa shape index (κ1) is 20.5. The second-order valence-corrected chi connectivity index (χ2v) is 7.05. The number of carbonyl (C=O) groups excluding carboxylic acids is 1. The van der Waals surface area contributed by atoms with Crippen LogP contribution in [-0.4, -0.2) is 68.0 Å². The summed E-state index contributed by atoms with van der Waals surface area (Å²) in [7, 11) is 0. The van der Waals surface area contributed by atoms with E-state index in [0.29, 0.717) is 18.0 Å². The molecule has 1 fully saturated rings. The molecule has 3 aromatic rings. The van der Waals surface area contributed by atoms with E-state index in [1.807, 2.05) is 11.0 Å². The first-order valence-corrected chi connectivity index (χ1v) is 9.47. The SMILES string of the molecule is Cc1ccc2nc(CN3CCCN(C(=O)c4cc(C)on4)CC3)cn2c1.O=CO. The Hall–Kier alpha value is -3.20. The van der Waals surface area contributed by atoms with E-state index in [9.17, 15) is 4.79 Å². The van der Waals surface area contributed by atoms with E-state index in [1.165, 1.54) is 5.56 Å². The summed E-state index contributed by atoms with van der Waals surface area (Å²) in [4.78, 5) is 29.8. The van der Waals surface area contributed by atoms with Crippen molar-refractivity contribution in [1.29, 1.82) is 0 Å². The lowest BCUT2D eigenvalue weighted by Crippen LogP contribution is -2.35. The highest BCUT2D eigenvalue weighted by atomic mass is 16.5. The Morgan fingerprint density at radius 3 is 2.72 bits per heavy atom. The predicted molar refractivity (Wildman–Crippen MR) is 106 cm³/mol. The molecule has 0 bridgehead atoms. The average Bonchev–Trinajstić information content (AvgIpc) is 3.21. The molecule has 0 aromatic carbocycles. The number of pyridine rings is 1. The Labute approximate surface area is 168 Å². The molecule has 4 heterocycles. The number of imidazole rings is 1. The van der Waals surface area contributed by atoms with Crippen LogP contribution in [0.5, 0.6) is 0 Å². The molecule has 29 heavy (non-hydrogen) atoms. The first-order chi connectivity index (χ1) is 14.0. The van der Waals surface area contributed by atoms with Gasteiger partial charge in [0.15, 0.2) is 5.69 Å². The highest BCUT2D eigenvalue weighted by Gasteiger charge is 2.23. The van der Waals surface area contributed by atoms with Crippen molar-refractivity contribution in [2.45, 2.75) is 26.8 Å². The molecule has 0 unspecified atom stereocenters. The molecule has 9 heteroatoms. The second kappa shape index (κ2) is 9.33. The topological polar surface area (TPSA) is 104 Å². The third-order valence-electron chi connectivity index (χ3n) is 4.76. The molecule has 1 saturated heterocycles. The van der Waals surface area contributed by atoms with Crippen LogP contribution in [0.4, 0.5) is 0 Å². The molecule has 9 nitrogen and oxygen atoms in total. The van der Waals surface area contributed by atoms with Gasteiger partial charge in [-0.25, -0.2) is 4.98 Å². The van der Waals surface area contributed by atoms with Crippen LogP contribution in [-0.2, 0) is 11.3 Å². The molecule has 0 atom stereocenters. The Balaban J connectivity index is 0.000000755. The summed E-state index contributed by atoms with van der Waals surface area (Å²) < 4.78 is 7.10. The average molecular weight is 399 g/mol. The van der Waals surface area contributed by atoms with Crippen molar-refractivity contribution in [1.82, 2.24) is 24.3 Å². The zero-order valence-electron chi connectivity index (χ0n) is 16.6. The number of hydrogen-bond acceptors (Lipinski definition) is 6. The van der Waals surface area contributed by atoms with Crippen molar-refractivity contribution >= 4 is 18.0 Å². The standard InChI is InChI=1S/C19H23N5O2.CH2O2/c1-14-4-5-18-20-16(13-24(18)11-14)12-22-6-3-7-23(9-8-22)19(25)17-10-15(2)26-21-17;2-1-3/h4-5,10-11,13H,3,6-9,12H2,1-2H3;1H,(H,2,3). The Morgan fingerprint density at radius 2 is 2.00 bits per heavy atom. The highest BCUT2D eigenvalue weighted by molar-refractivity contribution is 5.92. The van der Waals surface area contributed by atoms with Crippen LogP contribution < -0.4 is 0 Å². The van der Waals surface area contributed by atoms with Gasteiger partial charge < -0.3 is 18.9 Å². The molecule has 154 valence electrons. The largest absolute Gasteiger partial charge is 0.483 e. The lowest BCUT2D eigenvalue weighted by atomic mass is 10.3. The number of carbonyl (C=O) groups is 2. The van der Waals surface area contributed by atoms with Crippen molar-refractivity contribution < 1.29 is 19.2 Å². The molecule has 3 aromatic heterocycles. The molecule has 1 aliphatic rings. The summed E-state index contributed by atoms with van der Waals surface area (Å²) in [5.74, 6) is 0.610. The van der Waals surface area contributed by atoms with Gasteiger partial charge in [-0.05, 0) is 31.9 Å². The van der Waals surface area contributed by atoms with E-state index < -0.39 is 0 Å². The van der Waals surface area contributed by atoms with Gasteiger partial charge in [-0.2, -0.15) is 0 Å². The Kier molecular flexibility index (Phi) is 6.61. The molecule has 1 N–H and O–H groups in total. The lowest BCUT2D eigenvalue weighted by molar-refractivity contribution is -0.122. The number of carboxylic acid groups (broad SMARTS) is 1. The van der Waals surface area contributed by atoms with E-state index in [2.05, 4.69) is 39.8 Å². The minimum atomic E-state index is -0.250. The zero-order chi connectivity index (χ0) is 20.8. The van der Waals surface area contributed by atoms with Crippen molar-refractivity contribution in [3.63, 3.8) is 0 Å². The number of nitrogens with zero attached hydrogens (tertiary/aromatic N) is 5. The summed E-state index contributed by atoms with van der Waals surface area (Å²) in [5, 5.41) is 10.7. The van der Waals surface area contributed by atoms with Crippen LogP contribution in [0.3, 0.4) is 0 Å². The molecule has 1 amide bonds. The van der Waals surface area contributed by atoms with Crippen LogP contribution in [0.25, 0.3) is 5.65 Å². The van der Waals surface area contributed by atoms with Crippen LogP contribution in [0.1, 0.15) is 33.9 Å².